The number of benzene rings is 3. The maximum atomic E-state index is 13.1. The number of carbonyl (C=O) groups is 2. The fourth-order valence-corrected chi connectivity index (χ4v) is 2.57. The summed E-state index contributed by atoms with van der Waals surface area (Å²) in [6.07, 6.45) is 0. The number of anilines is 1. The summed E-state index contributed by atoms with van der Waals surface area (Å²) in [5.74, 6) is -1.01. The molecule has 0 radical (unpaired) electrons. The average molecular weight is 333 g/mol. The van der Waals surface area contributed by atoms with Crippen molar-refractivity contribution in [3.8, 4) is 0 Å². The first kappa shape index (κ1) is 16.6. The first-order valence-corrected chi connectivity index (χ1v) is 7.80. The van der Waals surface area contributed by atoms with Crippen molar-refractivity contribution in [1.82, 2.24) is 0 Å². The number of rotatable bonds is 4. The molecule has 25 heavy (non-hydrogen) atoms. The standard InChI is InChI=1S/C21H16FNO2/c1-23(17-7-3-2-4-8-17)21(25)19-10-6-5-9-18(19)20(24)15-11-13-16(22)14-12-15/h2-14H,1H3. The van der Waals surface area contributed by atoms with Gasteiger partial charge in [0.05, 0.1) is 5.56 Å². The summed E-state index contributed by atoms with van der Waals surface area (Å²) in [6.45, 7) is 0. The molecular weight excluding hydrogens is 317 g/mol. The molecule has 0 heterocycles. The lowest BCUT2D eigenvalue weighted by molar-refractivity contribution is 0.0976. The molecule has 124 valence electrons. The van der Waals surface area contributed by atoms with Crippen LogP contribution in [0.1, 0.15) is 26.3 Å². The maximum absolute atomic E-state index is 13.1. The fourth-order valence-electron chi connectivity index (χ4n) is 2.57. The topological polar surface area (TPSA) is 37.4 Å². The van der Waals surface area contributed by atoms with E-state index in [9.17, 15) is 14.0 Å². The predicted molar refractivity (Wildman–Crippen MR) is 95.5 cm³/mol. The molecule has 3 aromatic carbocycles. The van der Waals surface area contributed by atoms with Gasteiger partial charge in [0.15, 0.2) is 5.78 Å². The summed E-state index contributed by atoms with van der Waals surface area (Å²) >= 11 is 0. The largest absolute Gasteiger partial charge is 0.311 e. The van der Waals surface area contributed by atoms with Crippen molar-refractivity contribution in [2.24, 2.45) is 0 Å². The number of ketones is 1. The van der Waals surface area contributed by atoms with E-state index in [-0.39, 0.29) is 11.7 Å². The van der Waals surface area contributed by atoms with Gasteiger partial charge in [-0.3, -0.25) is 9.59 Å². The molecule has 0 saturated carbocycles. The van der Waals surface area contributed by atoms with Gasteiger partial charge in [-0.2, -0.15) is 0 Å². The minimum absolute atomic E-state index is 0.280. The van der Waals surface area contributed by atoms with E-state index in [2.05, 4.69) is 0 Å². The Balaban J connectivity index is 1.97. The van der Waals surface area contributed by atoms with E-state index in [4.69, 9.17) is 0 Å². The van der Waals surface area contributed by atoms with Crippen molar-refractivity contribution >= 4 is 17.4 Å². The van der Waals surface area contributed by atoms with Crippen LogP contribution in [0.2, 0.25) is 0 Å². The minimum Gasteiger partial charge on any atom is -0.311 e. The molecule has 0 atom stereocenters. The Morgan fingerprint density at radius 3 is 1.96 bits per heavy atom. The number of hydrogen-bond donors (Lipinski definition) is 0. The Morgan fingerprint density at radius 2 is 1.32 bits per heavy atom. The Hall–Kier alpha value is -3.27. The number of hydrogen-bond acceptors (Lipinski definition) is 2. The zero-order valence-corrected chi connectivity index (χ0v) is 13.6. The van der Waals surface area contributed by atoms with Crippen LogP contribution in [-0.2, 0) is 0 Å². The van der Waals surface area contributed by atoms with Crippen LogP contribution in [0.5, 0.6) is 0 Å². The Labute approximate surface area is 145 Å². The van der Waals surface area contributed by atoms with E-state index >= 15 is 0 Å². The number of para-hydroxylation sites is 1. The van der Waals surface area contributed by atoms with Crippen molar-refractivity contribution in [2.75, 3.05) is 11.9 Å². The summed E-state index contributed by atoms with van der Waals surface area (Å²) in [7, 11) is 1.66. The van der Waals surface area contributed by atoms with Crippen LogP contribution in [0.3, 0.4) is 0 Å². The van der Waals surface area contributed by atoms with Gasteiger partial charge in [0.2, 0.25) is 0 Å². The van der Waals surface area contributed by atoms with E-state index in [1.165, 1.54) is 29.2 Å². The summed E-state index contributed by atoms with van der Waals surface area (Å²) in [5.41, 5.74) is 1.67. The van der Waals surface area contributed by atoms with Crippen molar-refractivity contribution in [2.45, 2.75) is 0 Å². The molecule has 0 saturated heterocycles. The van der Waals surface area contributed by atoms with Gasteiger partial charge >= 0.3 is 0 Å². The molecule has 0 N–H and O–H groups in total. The highest BCUT2D eigenvalue weighted by molar-refractivity contribution is 6.18. The second kappa shape index (κ2) is 7.09. The van der Waals surface area contributed by atoms with Gasteiger partial charge in [0, 0.05) is 23.9 Å². The van der Waals surface area contributed by atoms with Crippen molar-refractivity contribution < 1.29 is 14.0 Å². The lowest BCUT2D eigenvalue weighted by Crippen LogP contribution is -2.28. The van der Waals surface area contributed by atoms with Gasteiger partial charge in [0.25, 0.3) is 5.91 Å². The van der Waals surface area contributed by atoms with Crippen LogP contribution in [-0.4, -0.2) is 18.7 Å². The molecule has 3 nitrogen and oxygen atoms in total. The minimum atomic E-state index is -0.412. The van der Waals surface area contributed by atoms with Crippen LogP contribution >= 0.6 is 0 Å². The third-order valence-electron chi connectivity index (χ3n) is 3.96. The number of halogens is 1. The SMILES string of the molecule is CN(C(=O)c1ccccc1C(=O)c1ccc(F)cc1)c1ccccc1. The van der Waals surface area contributed by atoms with Crippen molar-refractivity contribution in [3.05, 3.63) is 101 Å². The fraction of sp³-hybridized carbons (Fsp3) is 0.0476. The average Bonchev–Trinajstić information content (AvgIpc) is 2.67. The Kier molecular flexibility index (Phi) is 4.70. The summed E-state index contributed by atoms with van der Waals surface area (Å²) in [6, 6.07) is 21.1. The van der Waals surface area contributed by atoms with Crippen LogP contribution in [0.15, 0.2) is 78.9 Å². The van der Waals surface area contributed by atoms with Crippen LogP contribution < -0.4 is 4.90 Å². The molecule has 0 bridgehead atoms. The van der Waals surface area contributed by atoms with Crippen molar-refractivity contribution in [1.29, 1.82) is 0 Å². The summed E-state index contributed by atoms with van der Waals surface area (Å²) in [4.78, 5) is 27.1. The highest BCUT2D eigenvalue weighted by atomic mass is 19.1. The maximum Gasteiger partial charge on any atom is 0.258 e. The normalized spacial score (nSPS) is 10.3. The molecule has 0 unspecified atom stereocenters. The molecule has 1 amide bonds. The van der Waals surface area contributed by atoms with Gasteiger partial charge in [-0.05, 0) is 42.5 Å². The second-order valence-electron chi connectivity index (χ2n) is 5.58. The molecular formula is C21H16FNO2. The molecule has 0 aromatic heterocycles. The number of nitrogens with zero attached hydrogens (tertiary/aromatic N) is 1. The van der Waals surface area contributed by atoms with E-state index in [1.807, 2.05) is 30.3 Å². The van der Waals surface area contributed by atoms with E-state index in [0.29, 0.717) is 16.7 Å². The van der Waals surface area contributed by atoms with E-state index in [0.717, 1.165) is 5.69 Å². The monoisotopic (exact) mass is 333 g/mol. The summed E-state index contributed by atoms with van der Waals surface area (Å²) < 4.78 is 13.1. The molecule has 0 spiro atoms. The smallest absolute Gasteiger partial charge is 0.258 e. The van der Waals surface area contributed by atoms with Crippen LogP contribution in [0.4, 0.5) is 10.1 Å². The molecule has 0 aliphatic rings. The van der Waals surface area contributed by atoms with E-state index < -0.39 is 5.82 Å². The molecule has 3 aromatic rings. The molecule has 4 heteroatoms. The second-order valence-corrected chi connectivity index (χ2v) is 5.58. The molecule has 0 fully saturated rings. The first-order chi connectivity index (χ1) is 12.1. The molecule has 0 aliphatic heterocycles. The molecule has 3 rings (SSSR count). The van der Waals surface area contributed by atoms with Gasteiger partial charge in [-0.15, -0.1) is 0 Å². The Bertz CT molecular complexity index is 905. The number of amides is 1. The van der Waals surface area contributed by atoms with Crippen LogP contribution in [0.25, 0.3) is 0 Å². The predicted octanol–water partition coefficient (Wildman–Crippen LogP) is 4.33. The lowest BCUT2D eigenvalue weighted by atomic mass is 9.97. The van der Waals surface area contributed by atoms with Gasteiger partial charge in [0.1, 0.15) is 5.82 Å². The lowest BCUT2D eigenvalue weighted by Gasteiger charge is -2.19. The third-order valence-corrected chi connectivity index (χ3v) is 3.96. The van der Waals surface area contributed by atoms with Crippen LogP contribution in [0, 0.1) is 5.82 Å². The number of carbonyl (C=O) groups excluding carboxylic acids is 2. The van der Waals surface area contributed by atoms with Gasteiger partial charge in [-0.25, -0.2) is 4.39 Å². The first-order valence-electron chi connectivity index (χ1n) is 7.80. The summed E-state index contributed by atoms with van der Waals surface area (Å²) in [5, 5.41) is 0. The highest BCUT2D eigenvalue weighted by Crippen LogP contribution is 2.20. The van der Waals surface area contributed by atoms with Gasteiger partial charge < -0.3 is 4.90 Å². The molecule has 0 aliphatic carbocycles. The zero-order valence-electron chi connectivity index (χ0n) is 13.6. The van der Waals surface area contributed by atoms with Crippen molar-refractivity contribution in [3.63, 3.8) is 0 Å². The Morgan fingerprint density at radius 1 is 0.760 bits per heavy atom. The van der Waals surface area contributed by atoms with E-state index in [1.54, 1.807) is 31.3 Å². The van der Waals surface area contributed by atoms with Gasteiger partial charge in [-0.1, -0.05) is 36.4 Å². The highest BCUT2D eigenvalue weighted by Gasteiger charge is 2.21. The third kappa shape index (κ3) is 3.48. The quantitative estimate of drug-likeness (QED) is 0.666. The zero-order chi connectivity index (χ0) is 17.8.